The minimum absolute atomic E-state index is 0.0194. The molecule has 1 rings (SSSR count). The molecule has 1 fully saturated rings. The van der Waals surface area contributed by atoms with Gasteiger partial charge in [0.2, 0.25) is 0 Å². The molecule has 240 valence electrons. The molecule has 0 radical (unpaired) electrons. The number of nitrogens with two attached hydrogens (primary N) is 1. The van der Waals surface area contributed by atoms with Gasteiger partial charge >= 0.3 is 0 Å². The summed E-state index contributed by atoms with van der Waals surface area (Å²) in [7, 11) is -8.72. The standard InChI is InChI=1S/C30H69NO5Si4/c1-27(2,3)37(13,14)32-21-22-23(34-38(15,16)28(4,5)6)24(35-39(17,18)29(7,8)9)25(26(31)33-22)36-40(19,20)30(10,11)12/h22-26H,21,31H2,1-20H3/t22-,23-,24+,25+,26+/m1/s1. The molecule has 0 bridgehead atoms. The first-order chi connectivity index (χ1) is 17.3. The first-order valence-corrected chi connectivity index (χ1v) is 27.0. The van der Waals surface area contributed by atoms with Gasteiger partial charge in [0.15, 0.2) is 33.3 Å². The van der Waals surface area contributed by atoms with Crippen LogP contribution in [0.2, 0.25) is 72.5 Å². The third kappa shape index (κ3) is 9.08. The van der Waals surface area contributed by atoms with Gasteiger partial charge in [-0.25, -0.2) is 0 Å². The molecular weight excluding hydrogens is 567 g/mol. The summed E-state index contributed by atoms with van der Waals surface area (Å²) in [6.45, 7) is 46.1. The van der Waals surface area contributed by atoms with Gasteiger partial charge in [0.05, 0.1) is 6.61 Å². The lowest BCUT2D eigenvalue weighted by molar-refractivity contribution is -0.214. The zero-order chi connectivity index (χ0) is 32.1. The van der Waals surface area contributed by atoms with Crippen LogP contribution in [0.4, 0.5) is 0 Å². The van der Waals surface area contributed by atoms with Crippen molar-refractivity contribution in [3.05, 3.63) is 0 Å². The van der Waals surface area contributed by atoms with Crippen molar-refractivity contribution in [3.8, 4) is 0 Å². The van der Waals surface area contributed by atoms with E-state index in [0.717, 1.165) is 0 Å². The van der Waals surface area contributed by atoms with Crippen molar-refractivity contribution in [2.45, 2.75) is 186 Å². The Morgan fingerprint density at radius 2 is 0.800 bits per heavy atom. The van der Waals surface area contributed by atoms with E-state index < -0.39 is 45.6 Å². The molecule has 1 saturated heterocycles. The highest BCUT2D eigenvalue weighted by Crippen LogP contribution is 2.46. The molecule has 0 unspecified atom stereocenters. The molecule has 0 saturated carbocycles. The van der Waals surface area contributed by atoms with Crippen molar-refractivity contribution in [1.82, 2.24) is 0 Å². The Morgan fingerprint density at radius 3 is 1.12 bits per heavy atom. The van der Waals surface area contributed by atoms with E-state index in [9.17, 15) is 0 Å². The highest BCUT2D eigenvalue weighted by molar-refractivity contribution is 6.75. The Morgan fingerprint density at radius 1 is 0.500 bits per heavy atom. The molecule has 0 spiro atoms. The van der Waals surface area contributed by atoms with E-state index in [1.54, 1.807) is 0 Å². The second-order valence-electron chi connectivity index (χ2n) is 18.2. The summed E-state index contributed by atoms with van der Waals surface area (Å²) in [4.78, 5) is 0. The first kappa shape index (κ1) is 38.7. The molecular formula is C30H69NO5Si4. The van der Waals surface area contributed by atoms with E-state index >= 15 is 0 Å². The molecule has 5 atom stereocenters. The SMILES string of the molecule is CC(C)(C)[Si](C)(C)OC[C@H]1O[C@H](N)[C@@H](O[Si](C)(C)C(C)(C)C)[C@@H](O[Si](C)(C)C(C)(C)C)[C@@H]1O[Si](C)(C)C(C)(C)C. The van der Waals surface area contributed by atoms with Crippen LogP contribution < -0.4 is 5.73 Å². The van der Waals surface area contributed by atoms with Crippen LogP contribution in [0.1, 0.15) is 83.1 Å². The monoisotopic (exact) mass is 635 g/mol. The quantitative estimate of drug-likeness (QED) is 0.255. The molecule has 1 aliphatic rings. The summed E-state index contributed by atoms with van der Waals surface area (Å²) >= 11 is 0. The van der Waals surface area contributed by atoms with E-state index in [1.165, 1.54) is 0 Å². The van der Waals surface area contributed by atoms with Crippen molar-refractivity contribution in [2.24, 2.45) is 5.73 Å². The van der Waals surface area contributed by atoms with Gasteiger partial charge < -0.3 is 28.2 Å². The Labute approximate surface area is 253 Å². The maximum absolute atomic E-state index is 7.31. The van der Waals surface area contributed by atoms with Crippen LogP contribution in [-0.4, -0.2) is 70.5 Å². The number of hydrogen-bond acceptors (Lipinski definition) is 6. The Kier molecular flexibility index (Phi) is 11.8. The fourth-order valence-corrected chi connectivity index (χ4v) is 8.48. The van der Waals surface area contributed by atoms with Crippen LogP contribution in [0.15, 0.2) is 0 Å². The molecule has 1 heterocycles. The van der Waals surface area contributed by atoms with Crippen molar-refractivity contribution in [3.63, 3.8) is 0 Å². The molecule has 6 nitrogen and oxygen atoms in total. The lowest BCUT2D eigenvalue weighted by atomic mass is 9.99. The minimum atomic E-state index is -2.24. The number of hydrogen-bond donors (Lipinski definition) is 1. The van der Waals surface area contributed by atoms with E-state index in [1.807, 2.05) is 0 Å². The zero-order valence-electron chi connectivity index (χ0n) is 30.2. The third-order valence-corrected chi connectivity index (χ3v) is 28.7. The van der Waals surface area contributed by atoms with Gasteiger partial charge in [-0.15, -0.1) is 0 Å². The van der Waals surface area contributed by atoms with Crippen LogP contribution in [0.5, 0.6) is 0 Å². The minimum Gasteiger partial charge on any atom is -0.414 e. The topological polar surface area (TPSA) is 72.2 Å². The van der Waals surface area contributed by atoms with Gasteiger partial charge in [-0.1, -0.05) is 83.1 Å². The van der Waals surface area contributed by atoms with Gasteiger partial charge in [0.1, 0.15) is 30.6 Å². The summed E-state index contributed by atoms with van der Waals surface area (Å²) in [6.07, 6.45) is -2.08. The zero-order valence-corrected chi connectivity index (χ0v) is 34.2. The first-order valence-electron chi connectivity index (χ1n) is 15.4. The Bertz CT molecular complexity index is 835. The summed E-state index contributed by atoms with van der Waals surface area (Å²) in [5.74, 6) is 0. The highest BCUT2D eigenvalue weighted by Gasteiger charge is 2.56. The fraction of sp³-hybridized carbons (Fsp3) is 1.00. The normalized spacial score (nSPS) is 26.8. The number of rotatable bonds is 9. The van der Waals surface area contributed by atoms with Crippen LogP contribution in [-0.2, 0) is 22.4 Å². The van der Waals surface area contributed by atoms with Crippen LogP contribution >= 0.6 is 0 Å². The predicted octanol–water partition coefficient (Wildman–Crippen LogP) is 8.86. The second kappa shape index (κ2) is 12.2. The van der Waals surface area contributed by atoms with Gasteiger partial charge in [-0.3, -0.25) is 0 Å². The summed E-state index contributed by atoms with van der Waals surface area (Å²) < 4.78 is 35.1. The second-order valence-corrected chi connectivity index (χ2v) is 37.3. The van der Waals surface area contributed by atoms with E-state index in [2.05, 4.69) is 135 Å². The average molecular weight is 636 g/mol. The highest BCUT2D eigenvalue weighted by atomic mass is 28.4. The molecule has 40 heavy (non-hydrogen) atoms. The van der Waals surface area contributed by atoms with Crippen molar-refractivity contribution >= 4 is 33.3 Å². The van der Waals surface area contributed by atoms with E-state index in [-0.39, 0.29) is 38.5 Å². The summed E-state index contributed by atoms with van der Waals surface area (Å²) in [6, 6.07) is 0. The van der Waals surface area contributed by atoms with E-state index in [0.29, 0.717) is 6.61 Å². The van der Waals surface area contributed by atoms with Crippen molar-refractivity contribution in [2.75, 3.05) is 6.61 Å². The molecule has 0 aromatic rings. The van der Waals surface area contributed by atoms with Gasteiger partial charge in [-0.2, -0.15) is 0 Å². The molecule has 0 aromatic carbocycles. The molecule has 1 aliphatic heterocycles. The largest absolute Gasteiger partial charge is 0.414 e. The smallest absolute Gasteiger partial charge is 0.192 e. The maximum Gasteiger partial charge on any atom is 0.192 e. The van der Waals surface area contributed by atoms with Crippen LogP contribution in [0.25, 0.3) is 0 Å². The fourth-order valence-electron chi connectivity index (χ4n) is 3.55. The maximum atomic E-state index is 7.31. The lowest BCUT2D eigenvalue weighted by Gasteiger charge is -2.54. The van der Waals surface area contributed by atoms with Gasteiger partial charge in [0, 0.05) is 0 Å². The summed E-state index contributed by atoms with van der Waals surface area (Å²) in [5.41, 5.74) is 6.90. The molecule has 0 aliphatic carbocycles. The van der Waals surface area contributed by atoms with Crippen molar-refractivity contribution < 1.29 is 22.4 Å². The van der Waals surface area contributed by atoms with E-state index in [4.69, 9.17) is 28.2 Å². The molecule has 10 heteroatoms. The van der Waals surface area contributed by atoms with Crippen LogP contribution in [0, 0.1) is 0 Å². The summed E-state index contributed by atoms with van der Waals surface area (Å²) in [5, 5.41) is 0.150. The Balaban J connectivity index is 3.75. The molecule has 0 amide bonds. The average Bonchev–Trinajstić information content (AvgIpc) is 2.67. The van der Waals surface area contributed by atoms with Gasteiger partial charge in [0.25, 0.3) is 0 Å². The van der Waals surface area contributed by atoms with Crippen LogP contribution in [0.3, 0.4) is 0 Å². The van der Waals surface area contributed by atoms with Crippen molar-refractivity contribution in [1.29, 1.82) is 0 Å². The Hall–Kier alpha value is 0.628. The van der Waals surface area contributed by atoms with Gasteiger partial charge in [-0.05, 0) is 72.5 Å². The lowest BCUT2D eigenvalue weighted by Crippen LogP contribution is -2.69. The number of ether oxygens (including phenoxy) is 1. The predicted molar refractivity (Wildman–Crippen MR) is 182 cm³/mol. The molecule has 2 N–H and O–H groups in total. The third-order valence-electron chi connectivity index (χ3n) is 10.8. The molecule has 0 aromatic heterocycles.